The predicted molar refractivity (Wildman–Crippen MR) is 104 cm³/mol. The van der Waals surface area contributed by atoms with Crippen molar-refractivity contribution < 1.29 is 9.47 Å². The van der Waals surface area contributed by atoms with Crippen molar-refractivity contribution >= 4 is 27.4 Å². The highest BCUT2D eigenvalue weighted by molar-refractivity contribution is 7.16. The van der Waals surface area contributed by atoms with Crippen LogP contribution in [0.1, 0.15) is 5.56 Å². The number of ether oxygens (including phenoxy) is 2. The van der Waals surface area contributed by atoms with Crippen LogP contribution in [-0.4, -0.2) is 54.3 Å². The molecule has 1 aliphatic rings. The van der Waals surface area contributed by atoms with Gasteiger partial charge in [-0.05, 0) is 17.5 Å². The molecular formula is C19H22N4O2S. The minimum atomic E-state index is 0.662. The molecule has 0 amide bonds. The largest absolute Gasteiger partial charge is 0.492 e. The van der Waals surface area contributed by atoms with Gasteiger partial charge < -0.3 is 14.8 Å². The maximum atomic E-state index is 6.05. The van der Waals surface area contributed by atoms with E-state index in [1.807, 2.05) is 29.6 Å². The van der Waals surface area contributed by atoms with E-state index in [0.29, 0.717) is 13.2 Å². The lowest BCUT2D eigenvalue weighted by Crippen LogP contribution is -2.38. The number of thiophene rings is 1. The normalized spacial score (nSPS) is 15.2. The number of hydrogen-bond acceptors (Lipinski definition) is 7. The first kappa shape index (κ1) is 17.2. The molecule has 0 bridgehead atoms. The first-order valence-electron chi connectivity index (χ1n) is 8.83. The number of anilines is 1. The van der Waals surface area contributed by atoms with Crippen molar-refractivity contribution in [3.8, 4) is 5.75 Å². The van der Waals surface area contributed by atoms with E-state index in [9.17, 15) is 0 Å². The van der Waals surface area contributed by atoms with Crippen molar-refractivity contribution in [1.29, 1.82) is 0 Å². The van der Waals surface area contributed by atoms with E-state index in [-0.39, 0.29) is 0 Å². The average Bonchev–Trinajstić information content (AvgIpc) is 3.17. The van der Waals surface area contributed by atoms with E-state index in [1.54, 1.807) is 17.7 Å². The molecule has 4 rings (SSSR count). The summed E-state index contributed by atoms with van der Waals surface area (Å²) in [5.74, 6) is 1.78. The van der Waals surface area contributed by atoms with E-state index in [0.717, 1.165) is 60.2 Å². The second-order valence-electron chi connectivity index (χ2n) is 6.13. The van der Waals surface area contributed by atoms with E-state index in [2.05, 4.69) is 26.3 Å². The summed E-state index contributed by atoms with van der Waals surface area (Å²) >= 11 is 1.62. The van der Waals surface area contributed by atoms with Crippen LogP contribution >= 0.6 is 11.3 Å². The van der Waals surface area contributed by atoms with Gasteiger partial charge in [0.2, 0.25) is 0 Å². The summed E-state index contributed by atoms with van der Waals surface area (Å²) in [7, 11) is 0. The van der Waals surface area contributed by atoms with Crippen LogP contribution < -0.4 is 10.1 Å². The lowest BCUT2D eigenvalue weighted by Gasteiger charge is -2.26. The van der Waals surface area contributed by atoms with Gasteiger partial charge in [0.05, 0.1) is 18.6 Å². The fourth-order valence-corrected chi connectivity index (χ4v) is 3.74. The van der Waals surface area contributed by atoms with Crippen LogP contribution in [0.4, 0.5) is 5.82 Å². The van der Waals surface area contributed by atoms with Crippen LogP contribution in [0.2, 0.25) is 0 Å². The zero-order valence-electron chi connectivity index (χ0n) is 14.6. The Morgan fingerprint density at radius 3 is 2.96 bits per heavy atom. The number of morpholine rings is 1. The monoisotopic (exact) mass is 370 g/mol. The summed E-state index contributed by atoms with van der Waals surface area (Å²) in [5, 5.41) is 6.51. The zero-order chi connectivity index (χ0) is 17.6. The third-order valence-electron chi connectivity index (χ3n) is 4.45. The van der Waals surface area contributed by atoms with Crippen LogP contribution in [0.3, 0.4) is 0 Å². The Morgan fingerprint density at radius 1 is 1.15 bits per heavy atom. The number of benzene rings is 1. The molecule has 2 aromatic heterocycles. The third-order valence-corrected chi connectivity index (χ3v) is 5.27. The van der Waals surface area contributed by atoms with E-state index in [1.165, 1.54) is 0 Å². The molecule has 6 nitrogen and oxygen atoms in total. The van der Waals surface area contributed by atoms with Crippen molar-refractivity contribution in [2.24, 2.45) is 0 Å². The molecule has 0 radical (unpaired) electrons. The van der Waals surface area contributed by atoms with Gasteiger partial charge in [-0.2, -0.15) is 0 Å². The molecule has 0 saturated carbocycles. The highest BCUT2D eigenvalue weighted by atomic mass is 32.1. The van der Waals surface area contributed by atoms with Gasteiger partial charge in [0, 0.05) is 31.7 Å². The van der Waals surface area contributed by atoms with Crippen LogP contribution in [-0.2, 0) is 11.3 Å². The predicted octanol–water partition coefficient (Wildman–Crippen LogP) is 3.01. The summed E-state index contributed by atoms with van der Waals surface area (Å²) in [6, 6.07) is 10.2. The van der Waals surface area contributed by atoms with Gasteiger partial charge in [-0.25, -0.2) is 9.97 Å². The summed E-state index contributed by atoms with van der Waals surface area (Å²) in [5.41, 5.74) is 1.12. The second kappa shape index (κ2) is 8.44. The topological polar surface area (TPSA) is 59.5 Å². The fraction of sp³-hybridized carbons (Fsp3) is 0.368. The molecule has 1 saturated heterocycles. The molecule has 1 aliphatic heterocycles. The molecule has 0 atom stereocenters. The lowest BCUT2D eigenvalue weighted by molar-refractivity contribution is 0.0322. The van der Waals surface area contributed by atoms with E-state index < -0.39 is 0 Å². The van der Waals surface area contributed by atoms with E-state index in [4.69, 9.17) is 9.47 Å². The number of aromatic nitrogens is 2. The number of rotatable bonds is 7. The molecular weight excluding hydrogens is 348 g/mol. The molecule has 1 N–H and O–H groups in total. The highest BCUT2D eigenvalue weighted by Gasteiger charge is 2.11. The summed E-state index contributed by atoms with van der Waals surface area (Å²) in [6.45, 7) is 5.86. The third kappa shape index (κ3) is 4.12. The van der Waals surface area contributed by atoms with E-state index >= 15 is 0 Å². The minimum Gasteiger partial charge on any atom is -0.492 e. The van der Waals surface area contributed by atoms with Gasteiger partial charge in [0.15, 0.2) is 0 Å². The number of hydrogen-bond donors (Lipinski definition) is 1. The zero-order valence-corrected chi connectivity index (χ0v) is 15.4. The van der Waals surface area contributed by atoms with Gasteiger partial charge >= 0.3 is 0 Å². The highest BCUT2D eigenvalue weighted by Crippen LogP contribution is 2.25. The second-order valence-corrected chi connectivity index (χ2v) is 7.02. The average molecular weight is 370 g/mol. The molecule has 0 spiro atoms. The maximum Gasteiger partial charge on any atom is 0.138 e. The SMILES string of the molecule is c1ccc(OCCN2CCOCC2)c(CNc2ncnc3sccc23)c1. The number of para-hydroxylation sites is 1. The van der Waals surface area contributed by atoms with Crippen molar-refractivity contribution in [2.75, 3.05) is 44.8 Å². The smallest absolute Gasteiger partial charge is 0.138 e. The molecule has 136 valence electrons. The summed E-state index contributed by atoms with van der Waals surface area (Å²) in [4.78, 5) is 12.0. The van der Waals surface area contributed by atoms with Gasteiger partial charge in [-0.15, -0.1) is 11.3 Å². The quantitative estimate of drug-likeness (QED) is 0.690. The molecule has 0 unspecified atom stereocenters. The Labute approximate surface area is 156 Å². The number of nitrogens with one attached hydrogen (secondary N) is 1. The van der Waals surface area contributed by atoms with Crippen LogP contribution in [0.15, 0.2) is 42.0 Å². The van der Waals surface area contributed by atoms with Gasteiger partial charge in [0.1, 0.15) is 29.3 Å². The van der Waals surface area contributed by atoms with Gasteiger partial charge in [0.25, 0.3) is 0 Å². The minimum absolute atomic E-state index is 0.662. The summed E-state index contributed by atoms with van der Waals surface area (Å²) < 4.78 is 11.4. The first-order valence-corrected chi connectivity index (χ1v) is 9.71. The molecule has 1 aromatic carbocycles. The van der Waals surface area contributed by atoms with Crippen molar-refractivity contribution in [2.45, 2.75) is 6.54 Å². The Kier molecular flexibility index (Phi) is 5.59. The van der Waals surface area contributed by atoms with Crippen molar-refractivity contribution in [1.82, 2.24) is 14.9 Å². The maximum absolute atomic E-state index is 6.05. The molecule has 3 aromatic rings. The number of nitrogens with zero attached hydrogens (tertiary/aromatic N) is 3. The Bertz CT molecular complexity index is 848. The molecule has 3 heterocycles. The van der Waals surface area contributed by atoms with Crippen molar-refractivity contribution in [3.05, 3.63) is 47.6 Å². The Hall–Kier alpha value is -2.22. The van der Waals surface area contributed by atoms with Crippen LogP contribution in [0, 0.1) is 0 Å². The summed E-state index contributed by atoms with van der Waals surface area (Å²) in [6.07, 6.45) is 1.60. The Balaban J connectivity index is 1.37. The molecule has 1 fully saturated rings. The fourth-order valence-electron chi connectivity index (χ4n) is 3.01. The molecule has 7 heteroatoms. The van der Waals surface area contributed by atoms with Crippen LogP contribution in [0.25, 0.3) is 10.2 Å². The molecule has 26 heavy (non-hydrogen) atoms. The number of fused-ring (bicyclic) bond motifs is 1. The van der Waals surface area contributed by atoms with Crippen molar-refractivity contribution in [3.63, 3.8) is 0 Å². The molecule has 0 aliphatic carbocycles. The van der Waals surface area contributed by atoms with Gasteiger partial charge in [-0.3, -0.25) is 4.90 Å². The van der Waals surface area contributed by atoms with Gasteiger partial charge in [-0.1, -0.05) is 18.2 Å². The van der Waals surface area contributed by atoms with Crippen LogP contribution in [0.5, 0.6) is 5.75 Å². The first-order chi connectivity index (χ1) is 12.9. The lowest BCUT2D eigenvalue weighted by atomic mass is 10.2. The Morgan fingerprint density at radius 2 is 2.04 bits per heavy atom. The standard InChI is InChI=1S/C19H22N4O2S/c1-2-4-17(25-11-8-23-6-9-24-10-7-23)15(3-1)13-20-18-16-5-12-26-19(16)22-14-21-18/h1-5,12,14H,6-11,13H2,(H,20,21,22).